The highest BCUT2D eigenvalue weighted by molar-refractivity contribution is 5.80. The van der Waals surface area contributed by atoms with Crippen LogP contribution >= 0.6 is 0 Å². The van der Waals surface area contributed by atoms with Crippen LogP contribution in [-0.4, -0.2) is 45.4 Å². The molecule has 22 heavy (non-hydrogen) atoms. The molecule has 0 bridgehead atoms. The second-order valence-electron chi connectivity index (χ2n) is 5.44. The van der Waals surface area contributed by atoms with Crippen LogP contribution in [0.3, 0.4) is 0 Å². The molecule has 1 aliphatic heterocycles. The minimum Gasteiger partial charge on any atom is -0.390 e. The average molecular weight is 312 g/mol. The fourth-order valence-corrected chi connectivity index (χ4v) is 2.23. The summed E-state index contributed by atoms with van der Waals surface area (Å²) in [5.74, 6) is -0.351. The van der Waals surface area contributed by atoms with E-state index >= 15 is 0 Å². The fourth-order valence-electron chi connectivity index (χ4n) is 2.23. The Bertz CT molecular complexity index is 665. The second kappa shape index (κ2) is 6.42. The lowest BCUT2D eigenvalue weighted by atomic mass is 10.1. The average Bonchev–Trinajstić information content (AvgIpc) is 2.81. The van der Waals surface area contributed by atoms with Gasteiger partial charge in [0.05, 0.1) is 12.1 Å². The molecular formula is C13H20N4O5. The van der Waals surface area contributed by atoms with Gasteiger partial charge in [0.1, 0.15) is 12.3 Å². The van der Waals surface area contributed by atoms with Crippen LogP contribution in [0.25, 0.3) is 0 Å². The molecule has 0 aliphatic carbocycles. The maximum atomic E-state index is 11.8. The van der Waals surface area contributed by atoms with Crippen molar-refractivity contribution in [2.45, 2.75) is 44.7 Å². The van der Waals surface area contributed by atoms with Crippen molar-refractivity contribution in [1.82, 2.24) is 14.9 Å². The quantitative estimate of drug-likeness (QED) is 0.505. The Morgan fingerprint density at radius 2 is 2.32 bits per heavy atom. The van der Waals surface area contributed by atoms with Gasteiger partial charge in [0.2, 0.25) is 5.91 Å². The summed E-state index contributed by atoms with van der Waals surface area (Å²) in [5, 5.41) is 12.6. The Labute approximate surface area is 126 Å². The number of H-pyrrole nitrogens is 1. The minimum absolute atomic E-state index is 0.0924. The van der Waals surface area contributed by atoms with Gasteiger partial charge in [-0.05, 0) is 13.8 Å². The molecule has 4 atom stereocenters. The Hall–Kier alpha value is -1.97. The number of amides is 1. The summed E-state index contributed by atoms with van der Waals surface area (Å²) in [5.41, 5.74) is 4.74. The number of nitrogens with zero attached hydrogens (tertiary/aromatic N) is 1. The zero-order valence-electron chi connectivity index (χ0n) is 12.4. The predicted molar refractivity (Wildman–Crippen MR) is 77.3 cm³/mol. The highest BCUT2D eigenvalue weighted by Gasteiger charge is 2.35. The smallest absolute Gasteiger partial charge is 0.330 e. The number of hydrogen-bond acceptors (Lipinski definition) is 6. The molecule has 0 radical (unpaired) electrons. The van der Waals surface area contributed by atoms with E-state index in [1.54, 1.807) is 13.8 Å². The molecule has 2 rings (SSSR count). The molecule has 1 aromatic rings. The maximum absolute atomic E-state index is 11.8. The molecule has 1 fully saturated rings. The van der Waals surface area contributed by atoms with Crippen LogP contribution in [0.15, 0.2) is 15.8 Å². The number of hydrogen-bond donors (Lipinski definition) is 4. The first-order chi connectivity index (χ1) is 10.3. The van der Waals surface area contributed by atoms with Crippen molar-refractivity contribution in [3.63, 3.8) is 0 Å². The molecule has 0 saturated carbocycles. The standard InChI is InChI=1S/C13H20N4O5/c1-6-5-17(13(21)16-11(6)19)10-3-8(18)9(22-10)4-15-12(20)7(2)14/h5,7-10,18H,3-4,14H2,1-2H3,(H,15,20)(H,16,19,21)/t7-,8?,9-,10-/m0/s1. The summed E-state index contributed by atoms with van der Waals surface area (Å²) in [6.45, 7) is 3.21. The minimum atomic E-state index is -0.836. The number of carbonyl (C=O) groups is 1. The number of aromatic nitrogens is 2. The highest BCUT2D eigenvalue weighted by atomic mass is 16.5. The van der Waals surface area contributed by atoms with Crippen LogP contribution < -0.4 is 22.3 Å². The third-order valence-corrected chi connectivity index (χ3v) is 3.55. The number of aromatic amines is 1. The third-order valence-electron chi connectivity index (χ3n) is 3.55. The van der Waals surface area contributed by atoms with Gasteiger partial charge in [0, 0.05) is 24.7 Å². The Kier molecular flexibility index (Phi) is 4.79. The van der Waals surface area contributed by atoms with Crippen LogP contribution in [0.1, 0.15) is 25.1 Å². The van der Waals surface area contributed by atoms with Crippen LogP contribution in [0.4, 0.5) is 0 Å². The summed E-state index contributed by atoms with van der Waals surface area (Å²) in [4.78, 5) is 36.8. The Balaban J connectivity index is 2.08. The van der Waals surface area contributed by atoms with Gasteiger partial charge < -0.3 is 20.9 Å². The van der Waals surface area contributed by atoms with Gasteiger partial charge in [0.15, 0.2) is 0 Å². The van der Waals surface area contributed by atoms with E-state index < -0.39 is 35.7 Å². The van der Waals surface area contributed by atoms with Crippen molar-refractivity contribution in [3.8, 4) is 0 Å². The van der Waals surface area contributed by atoms with Crippen molar-refractivity contribution in [2.24, 2.45) is 5.73 Å². The summed E-state index contributed by atoms with van der Waals surface area (Å²) >= 11 is 0. The molecule has 1 aromatic heterocycles. The SMILES string of the molecule is Cc1cn([C@@H]2CC(O)[C@H](CNC(=O)[C@H](C)N)O2)c(=O)[nH]c1=O. The van der Waals surface area contributed by atoms with Crippen molar-refractivity contribution in [2.75, 3.05) is 6.54 Å². The Morgan fingerprint density at radius 1 is 1.64 bits per heavy atom. The van der Waals surface area contributed by atoms with Crippen LogP contribution in [0.5, 0.6) is 0 Å². The van der Waals surface area contributed by atoms with E-state index in [1.165, 1.54) is 10.8 Å². The van der Waals surface area contributed by atoms with E-state index in [9.17, 15) is 19.5 Å². The van der Waals surface area contributed by atoms with Gasteiger partial charge in [-0.2, -0.15) is 0 Å². The highest BCUT2D eigenvalue weighted by Crippen LogP contribution is 2.27. The third kappa shape index (κ3) is 3.43. The monoisotopic (exact) mass is 312 g/mol. The van der Waals surface area contributed by atoms with Gasteiger partial charge in [-0.15, -0.1) is 0 Å². The van der Waals surface area contributed by atoms with E-state index in [-0.39, 0.29) is 18.9 Å². The number of aliphatic hydroxyl groups is 1. The van der Waals surface area contributed by atoms with Gasteiger partial charge in [-0.25, -0.2) is 4.79 Å². The largest absolute Gasteiger partial charge is 0.390 e. The molecule has 9 nitrogen and oxygen atoms in total. The summed E-state index contributed by atoms with van der Waals surface area (Å²) in [6.07, 6.45) is -0.606. The zero-order chi connectivity index (χ0) is 16.4. The molecule has 5 N–H and O–H groups in total. The van der Waals surface area contributed by atoms with Crippen molar-refractivity contribution < 1.29 is 14.6 Å². The molecule has 1 aliphatic rings. The Morgan fingerprint density at radius 3 is 2.95 bits per heavy atom. The molecule has 1 saturated heterocycles. The zero-order valence-corrected chi connectivity index (χ0v) is 12.4. The van der Waals surface area contributed by atoms with Crippen molar-refractivity contribution >= 4 is 5.91 Å². The van der Waals surface area contributed by atoms with Crippen LogP contribution in [-0.2, 0) is 9.53 Å². The number of ether oxygens (including phenoxy) is 1. The molecule has 1 unspecified atom stereocenters. The lowest BCUT2D eigenvalue weighted by Crippen LogP contribution is -2.43. The topological polar surface area (TPSA) is 139 Å². The number of rotatable bonds is 4. The summed E-state index contributed by atoms with van der Waals surface area (Å²) < 4.78 is 6.83. The molecule has 0 spiro atoms. The van der Waals surface area contributed by atoms with Gasteiger partial charge in [-0.3, -0.25) is 19.1 Å². The van der Waals surface area contributed by atoms with Gasteiger partial charge in [-0.1, -0.05) is 0 Å². The first-order valence-corrected chi connectivity index (χ1v) is 6.98. The summed E-state index contributed by atoms with van der Waals surface area (Å²) in [6, 6.07) is -0.654. The normalized spacial score (nSPS) is 25.9. The van der Waals surface area contributed by atoms with Gasteiger partial charge in [0.25, 0.3) is 5.56 Å². The number of nitrogens with one attached hydrogen (secondary N) is 2. The lowest BCUT2D eigenvalue weighted by molar-refractivity contribution is -0.123. The van der Waals surface area contributed by atoms with Crippen molar-refractivity contribution in [3.05, 3.63) is 32.6 Å². The molecule has 0 aromatic carbocycles. The molecular weight excluding hydrogens is 292 g/mol. The van der Waals surface area contributed by atoms with Crippen LogP contribution in [0.2, 0.25) is 0 Å². The number of nitrogens with two attached hydrogens (primary N) is 1. The van der Waals surface area contributed by atoms with Gasteiger partial charge >= 0.3 is 5.69 Å². The predicted octanol–water partition coefficient (Wildman–Crippen LogP) is -2.04. The number of aryl methyl sites for hydroxylation is 1. The molecule has 1 amide bonds. The first-order valence-electron chi connectivity index (χ1n) is 6.98. The summed E-state index contributed by atoms with van der Waals surface area (Å²) in [7, 11) is 0. The number of aliphatic hydroxyl groups excluding tert-OH is 1. The fraction of sp³-hybridized carbons (Fsp3) is 0.615. The number of carbonyl (C=O) groups excluding carboxylic acids is 1. The molecule has 2 heterocycles. The van der Waals surface area contributed by atoms with E-state index in [2.05, 4.69) is 10.3 Å². The van der Waals surface area contributed by atoms with Crippen LogP contribution in [0, 0.1) is 6.92 Å². The van der Waals surface area contributed by atoms with E-state index in [0.717, 1.165) is 0 Å². The van der Waals surface area contributed by atoms with Crippen molar-refractivity contribution in [1.29, 1.82) is 0 Å². The lowest BCUT2D eigenvalue weighted by Gasteiger charge is -2.17. The van der Waals surface area contributed by atoms with E-state index in [4.69, 9.17) is 10.5 Å². The van der Waals surface area contributed by atoms with E-state index in [1.807, 2.05) is 0 Å². The first kappa shape index (κ1) is 16.4. The molecule has 9 heteroatoms. The second-order valence-corrected chi connectivity index (χ2v) is 5.44. The van der Waals surface area contributed by atoms with E-state index in [0.29, 0.717) is 5.56 Å². The molecule has 122 valence electrons. The maximum Gasteiger partial charge on any atom is 0.330 e.